The maximum Gasteiger partial charge on any atom is 0.279 e. The number of nitrogens with one attached hydrogen (secondary N) is 2. The third kappa shape index (κ3) is 7.34. The van der Waals surface area contributed by atoms with Crippen molar-refractivity contribution in [1.29, 1.82) is 0 Å². The average Bonchev–Trinajstić information content (AvgIpc) is 2.78. The number of aliphatic hydroxyl groups excluding tert-OH is 1. The molecule has 2 aromatic carbocycles. The highest BCUT2D eigenvalue weighted by Crippen LogP contribution is 2.36. The lowest BCUT2D eigenvalue weighted by Crippen LogP contribution is -2.16. The van der Waals surface area contributed by atoms with Gasteiger partial charge in [0.15, 0.2) is 5.70 Å². The van der Waals surface area contributed by atoms with Crippen LogP contribution in [0.4, 0.5) is 17.1 Å². The quantitative estimate of drug-likeness (QED) is 0.248. The van der Waals surface area contributed by atoms with Crippen LogP contribution in [0.1, 0.15) is 39.2 Å². The number of carbonyl (C=O) groups excluding carboxylic acids is 2. The van der Waals surface area contributed by atoms with Crippen molar-refractivity contribution >= 4 is 28.9 Å². The number of hydrogen-bond donors (Lipinski definition) is 3. The number of aryl methyl sites for hydroxylation is 1. The molecule has 0 unspecified atom stereocenters. The van der Waals surface area contributed by atoms with Crippen LogP contribution in [0.25, 0.3) is 0 Å². The van der Waals surface area contributed by atoms with Crippen LogP contribution >= 0.6 is 0 Å². The van der Waals surface area contributed by atoms with Crippen LogP contribution in [0, 0.1) is 0 Å². The van der Waals surface area contributed by atoms with Crippen molar-refractivity contribution < 1.29 is 24.2 Å². The minimum absolute atomic E-state index is 0.253. The number of unbranched alkanes of at least 4 members (excludes halogenated alkanes) is 1. The Bertz CT molecular complexity index is 1040. The second-order valence-electron chi connectivity index (χ2n) is 7.29. The summed E-state index contributed by atoms with van der Waals surface area (Å²) in [5.41, 5.74) is 2.16. The number of carbonyl (C=O) groups is 2. The molecule has 0 radical (unpaired) electrons. The van der Waals surface area contributed by atoms with E-state index in [1.807, 2.05) is 24.3 Å². The van der Waals surface area contributed by atoms with Gasteiger partial charge in [-0.25, -0.2) is 0 Å². The zero-order valence-corrected chi connectivity index (χ0v) is 19.6. The van der Waals surface area contributed by atoms with Gasteiger partial charge in [-0.05, 0) is 37.5 Å². The molecule has 2 amide bonds. The zero-order valence-electron chi connectivity index (χ0n) is 19.6. The molecule has 33 heavy (non-hydrogen) atoms. The van der Waals surface area contributed by atoms with Gasteiger partial charge in [0, 0.05) is 19.1 Å². The Morgan fingerprint density at radius 1 is 0.970 bits per heavy atom. The van der Waals surface area contributed by atoms with Crippen LogP contribution in [0.2, 0.25) is 0 Å². The molecular formula is C24H30N4O5. The van der Waals surface area contributed by atoms with E-state index in [1.165, 1.54) is 45.8 Å². The third-order valence-corrected chi connectivity index (χ3v) is 4.66. The lowest BCUT2D eigenvalue weighted by Gasteiger charge is -2.15. The highest BCUT2D eigenvalue weighted by Gasteiger charge is 2.18. The van der Waals surface area contributed by atoms with Crippen molar-refractivity contribution in [2.75, 3.05) is 24.9 Å². The number of methoxy groups -OCH3 is 2. The monoisotopic (exact) mass is 454 g/mol. The summed E-state index contributed by atoms with van der Waals surface area (Å²) in [7, 11) is 2.86. The summed E-state index contributed by atoms with van der Waals surface area (Å²) in [4.78, 5) is 24.3. The number of benzene rings is 2. The van der Waals surface area contributed by atoms with Crippen LogP contribution in [0.5, 0.6) is 11.5 Å². The number of aliphatic hydroxyl groups is 1. The van der Waals surface area contributed by atoms with E-state index in [9.17, 15) is 14.7 Å². The SMILES string of the molecule is CCCCc1ccc(N=NC(C(=O)Nc2cc(OC)c(NC(C)=O)cc2OC)=C(C)O)cc1. The topological polar surface area (TPSA) is 122 Å². The van der Waals surface area contributed by atoms with E-state index in [2.05, 4.69) is 27.8 Å². The normalized spacial score (nSPS) is 11.7. The Hall–Kier alpha value is -3.88. The highest BCUT2D eigenvalue weighted by atomic mass is 16.5. The molecule has 0 aliphatic heterocycles. The summed E-state index contributed by atoms with van der Waals surface area (Å²) in [6, 6.07) is 10.6. The molecule has 0 aliphatic carbocycles. The molecule has 176 valence electrons. The molecule has 0 aromatic heterocycles. The van der Waals surface area contributed by atoms with Crippen molar-refractivity contribution in [3.8, 4) is 11.5 Å². The minimum Gasteiger partial charge on any atom is -0.510 e. The second kappa shape index (κ2) is 12.2. The molecule has 0 fully saturated rings. The first kappa shape index (κ1) is 25.4. The molecule has 2 aromatic rings. The Labute approximate surface area is 193 Å². The van der Waals surface area contributed by atoms with Crippen molar-refractivity contribution in [1.82, 2.24) is 0 Å². The molecule has 0 bridgehead atoms. The van der Waals surface area contributed by atoms with Crippen molar-refractivity contribution in [3.05, 3.63) is 53.4 Å². The standard InChI is InChI=1S/C24H30N4O5/c1-6-7-8-17-9-11-18(12-10-17)27-28-23(15(2)29)24(31)26-20-14-21(32-4)19(25-16(3)30)13-22(20)33-5/h9-14,29H,6-8H2,1-5H3,(H,25,30)(H,26,31). The number of rotatable bonds is 10. The highest BCUT2D eigenvalue weighted by molar-refractivity contribution is 6.05. The number of amides is 2. The van der Waals surface area contributed by atoms with Crippen LogP contribution in [0.3, 0.4) is 0 Å². The van der Waals surface area contributed by atoms with E-state index < -0.39 is 5.91 Å². The summed E-state index contributed by atoms with van der Waals surface area (Å²) in [6.45, 7) is 4.85. The average molecular weight is 455 g/mol. The van der Waals surface area contributed by atoms with Crippen molar-refractivity contribution in [3.63, 3.8) is 0 Å². The molecule has 9 heteroatoms. The fourth-order valence-corrected chi connectivity index (χ4v) is 2.96. The maximum atomic E-state index is 12.8. The van der Waals surface area contributed by atoms with Gasteiger partial charge >= 0.3 is 0 Å². The summed E-state index contributed by atoms with van der Waals surface area (Å²) >= 11 is 0. The van der Waals surface area contributed by atoms with Gasteiger partial charge in [-0.3, -0.25) is 9.59 Å². The number of anilines is 2. The summed E-state index contributed by atoms with van der Waals surface area (Å²) in [5, 5.41) is 23.3. The third-order valence-electron chi connectivity index (χ3n) is 4.66. The van der Waals surface area contributed by atoms with E-state index in [4.69, 9.17) is 9.47 Å². The molecule has 0 saturated carbocycles. The van der Waals surface area contributed by atoms with E-state index in [0.717, 1.165) is 19.3 Å². The zero-order chi connectivity index (χ0) is 24.4. The Balaban J connectivity index is 2.24. The Kier molecular flexibility index (Phi) is 9.41. The van der Waals surface area contributed by atoms with Gasteiger partial charge in [0.05, 0.1) is 31.3 Å². The van der Waals surface area contributed by atoms with Gasteiger partial charge in [0.2, 0.25) is 5.91 Å². The van der Waals surface area contributed by atoms with Crippen LogP contribution < -0.4 is 20.1 Å². The molecule has 0 spiro atoms. The molecule has 3 N–H and O–H groups in total. The number of nitrogens with zero attached hydrogens (tertiary/aromatic N) is 2. The van der Waals surface area contributed by atoms with Gasteiger partial charge in [-0.15, -0.1) is 5.11 Å². The molecule has 0 atom stereocenters. The number of hydrogen-bond acceptors (Lipinski definition) is 7. The van der Waals surface area contributed by atoms with E-state index >= 15 is 0 Å². The van der Waals surface area contributed by atoms with E-state index in [1.54, 1.807) is 0 Å². The molecule has 9 nitrogen and oxygen atoms in total. The summed E-state index contributed by atoms with van der Waals surface area (Å²) in [5.74, 6) is -0.672. The fraction of sp³-hybridized carbons (Fsp3) is 0.333. The summed E-state index contributed by atoms with van der Waals surface area (Å²) in [6.07, 6.45) is 3.22. The second-order valence-corrected chi connectivity index (χ2v) is 7.29. The maximum absolute atomic E-state index is 12.8. The molecule has 0 heterocycles. The minimum atomic E-state index is -0.689. The van der Waals surface area contributed by atoms with Crippen molar-refractivity contribution in [2.45, 2.75) is 40.0 Å². The number of azo groups is 1. The Morgan fingerprint density at radius 3 is 2.03 bits per heavy atom. The number of allylic oxidation sites excluding steroid dienone is 1. The van der Waals surface area contributed by atoms with Gasteiger partial charge in [0.1, 0.15) is 17.3 Å². The first-order chi connectivity index (χ1) is 15.8. The van der Waals surface area contributed by atoms with Gasteiger partial charge in [-0.1, -0.05) is 25.5 Å². The smallest absolute Gasteiger partial charge is 0.279 e. The van der Waals surface area contributed by atoms with E-state index in [0.29, 0.717) is 17.1 Å². The number of ether oxygens (including phenoxy) is 2. The largest absolute Gasteiger partial charge is 0.510 e. The van der Waals surface area contributed by atoms with Crippen molar-refractivity contribution in [2.24, 2.45) is 10.2 Å². The predicted molar refractivity (Wildman–Crippen MR) is 127 cm³/mol. The van der Waals surface area contributed by atoms with Gasteiger partial charge < -0.3 is 25.2 Å². The summed E-state index contributed by atoms with van der Waals surface area (Å²) < 4.78 is 10.6. The van der Waals surface area contributed by atoms with Gasteiger partial charge in [-0.2, -0.15) is 5.11 Å². The van der Waals surface area contributed by atoms with Crippen LogP contribution in [-0.2, 0) is 16.0 Å². The lowest BCUT2D eigenvalue weighted by atomic mass is 10.1. The fourth-order valence-electron chi connectivity index (χ4n) is 2.96. The van der Waals surface area contributed by atoms with E-state index in [-0.39, 0.29) is 28.8 Å². The van der Waals surface area contributed by atoms with Gasteiger partial charge in [0.25, 0.3) is 5.91 Å². The molecule has 0 aliphatic rings. The molecular weight excluding hydrogens is 424 g/mol. The lowest BCUT2D eigenvalue weighted by molar-refractivity contribution is -0.114. The predicted octanol–water partition coefficient (Wildman–Crippen LogP) is 5.52. The first-order valence-corrected chi connectivity index (χ1v) is 10.5. The molecule has 2 rings (SSSR count). The Morgan fingerprint density at radius 2 is 1.55 bits per heavy atom. The van der Waals surface area contributed by atoms with Crippen LogP contribution in [0.15, 0.2) is 58.1 Å². The molecule has 0 saturated heterocycles. The first-order valence-electron chi connectivity index (χ1n) is 10.5. The van der Waals surface area contributed by atoms with Crippen LogP contribution in [-0.4, -0.2) is 31.1 Å².